The molecule has 2 aromatic rings. The highest BCUT2D eigenvalue weighted by molar-refractivity contribution is 9.10. The van der Waals surface area contributed by atoms with Gasteiger partial charge in [0.05, 0.1) is 17.3 Å². The quantitative estimate of drug-likeness (QED) is 0.679. The molecule has 1 fully saturated rings. The Balaban J connectivity index is 1.79. The van der Waals surface area contributed by atoms with Gasteiger partial charge in [0, 0.05) is 23.9 Å². The van der Waals surface area contributed by atoms with E-state index in [0.29, 0.717) is 11.3 Å². The lowest BCUT2D eigenvalue weighted by Gasteiger charge is -2.49. The van der Waals surface area contributed by atoms with E-state index in [0.717, 1.165) is 10.0 Å². The van der Waals surface area contributed by atoms with Gasteiger partial charge in [0.1, 0.15) is 0 Å². The van der Waals surface area contributed by atoms with Crippen LogP contribution in [0.1, 0.15) is 41.7 Å². The monoisotopic (exact) mass is 467 g/mol. The van der Waals surface area contributed by atoms with Crippen molar-refractivity contribution in [3.05, 3.63) is 76.8 Å². The fourth-order valence-corrected chi connectivity index (χ4v) is 5.01. The van der Waals surface area contributed by atoms with Gasteiger partial charge in [-0.05, 0) is 30.7 Å². The van der Waals surface area contributed by atoms with Crippen molar-refractivity contribution in [3.63, 3.8) is 0 Å². The van der Waals surface area contributed by atoms with E-state index in [1.54, 1.807) is 30.3 Å². The Morgan fingerprint density at radius 1 is 1.23 bits per heavy atom. The SMILES string of the molecule is C=CCN1C(=O)c2ccccc2N2C(=O)CC[C@]12C(=O)N[C@H](C)c1ccccc1Br. The van der Waals surface area contributed by atoms with Crippen molar-refractivity contribution < 1.29 is 14.4 Å². The molecule has 0 bridgehead atoms. The van der Waals surface area contributed by atoms with Gasteiger partial charge in [0.2, 0.25) is 11.6 Å². The van der Waals surface area contributed by atoms with Crippen LogP contribution >= 0.6 is 15.9 Å². The van der Waals surface area contributed by atoms with E-state index >= 15 is 0 Å². The molecule has 2 aliphatic rings. The summed E-state index contributed by atoms with van der Waals surface area (Å²) in [6, 6.07) is 14.2. The summed E-state index contributed by atoms with van der Waals surface area (Å²) in [4.78, 5) is 42.9. The standard InChI is InChI=1S/C23H22BrN3O3/c1-3-14-26-21(29)17-9-5-7-11-19(17)27-20(28)12-13-23(26,27)22(30)25-15(2)16-8-4-6-10-18(16)24/h3-11,15H,1,12-14H2,2H3,(H,25,30)/t15-,23+/m1/s1. The first-order valence-electron chi connectivity index (χ1n) is 9.82. The molecule has 2 atom stereocenters. The van der Waals surface area contributed by atoms with Crippen LogP contribution in [0.4, 0.5) is 5.69 Å². The smallest absolute Gasteiger partial charge is 0.267 e. The van der Waals surface area contributed by atoms with Crippen molar-refractivity contribution in [3.8, 4) is 0 Å². The lowest BCUT2D eigenvalue weighted by Crippen LogP contribution is -2.70. The second-order valence-electron chi connectivity index (χ2n) is 7.48. The number of anilines is 1. The Bertz CT molecular complexity index is 1050. The van der Waals surface area contributed by atoms with E-state index < -0.39 is 5.66 Å². The van der Waals surface area contributed by atoms with Gasteiger partial charge < -0.3 is 10.2 Å². The van der Waals surface area contributed by atoms with Crippen molar-refractivity contribution in [1.82, 2.24) is 10.2 Å². The minimum Gasteiger partial charge on any atom is -0.346 e. The van der Waals surface area contributed by atoms with Crippen LogP contribution < -0.4 is 10.2 Å². The second-order valence-corrected chi connectivity index (χ2v) is 8.34. The molecule has 1 saturated heterocycles. The fourth-order valence-electron chi connectivity index (χ4n) is 4.38. The number of carbonyl (C=O) groups is 3. The lowest BCUT2D eigenvalue weighted by atomic mass is 9.95. The number of para-hydroxylation sites is 1. The lowest BCUT2D eigenvalue weighted by molar-refractivity contribution is -0.134. The third-order valence-electron chi connectivity index (χ3n) is 5.77. The average Bonchev–Trinajstić information content (AvgIpc) is 3.09. The van der Waals surface area contributed by atoms with Crippen LogP contribution in [0.3, 0.4) is 0 Å². The Morgan fingerprint density at radius 2 is 1.93 bits per heavy atom. The summed E-state index contributed by atoms with van der Waals surface area (Å²) < 4.78 is 0.877. The van der Waals surface area contributed by atoms with Gasteiger partial charge in [0.15, 0.2) is 0 Å². The van der Waals surface area contributed by atoms with Gasteiger partial charge in [-0.2, -0.15) is 0 Å². The molecular weight excluding hydrogens is 446 g/mol. The van der Waals surface area contributed by atoms with Gasteiger partial charge in [-0.15, -0.1) is 6.58 Å². The second kappa shape index (κ2) is 7.72. The molecule has 2 aliphatic heterocycles. The number of carbonyl (C=O) groups excluding carboxylic acids is 3. The van der Waals surface area contributed by atoms with E-state index in [4.69, 9.17) is 0 Å². The Kier molecular flexibility index (Phi) is 5.24. The number of amides is 3. The van der Waals surface area contributed by atoms with Crippen molar-refractivity contribution >= 4 is 39.3 Å². The van der Waals surface area contributed by atoms with Crippen LogP contribution in [0, 0.1) is 0 Å². The summed E-state index contributed by atoms with van der Waals surface area (Å²) in [5, 5.41) is 3.04. The molecule has 154 valence electrons. The highest BCUT2D eigenvalue weighted by Gasteiger charge is 2.60. The third kappa shape index (κ3) is 2.96. The van der Waals surface area contributed by atoms with E-state index in [9.17, 15) is 14.4 Å². The third-order valence-corrected chi connectivity index (χ3v) is 6.49. The first kappa shape index (κ1) is 20.3. The minimum atomic E-state index is -1.41. The first-order valence-corrected chi connectivity index (χ1v) is 10.6. The number of halogens is 1. The average molecular weight is 468 g/mol. The zero-order chi connectivity index (χ0) is 21.5. The summed E-state index contributed by atoms with van der Waals surface area (Å²) in [6.45, 7) is 5.80. The highest BCUT2D eigenvalue weighted by atomic mass is 79.9. The molecule has 0 aromatic heterocycles. The molecule has 0 unspecified atom stereocenters. The maximum absolute atomic E-state index is 13.7. The van der Waals surface area contributed by atoms with Crippen LogP contribution in [0.15, 0.2) is 65.7 Å². The van der Waals surface area contributed by atoms with Crippen LogP contribution in [-0.2, 0) is 9.59 Å². The molecule has 0 spiro atoms. The van der Waals surface area contributed by atoms with Gasteiger partial charge in [-0.25, -0.2) is 0 Å². The molecule has 2 heterocycles. The summed E-state index contributed by atoms with van der Waals surface area (Å²) in [5.41, 5.74) is 0.397. The van der Waals surface area contributed by atoms with Crippen molar-refractivity contribution in [1.29, 1.82) is 0 Å². The number of nitrogens with zero attached hydrogens (tertiary/aromatic N) is 2. The highest BCUT2D eigenvalue weighted by Crippen LogP contribution is 2.44. The van der Waals surface area contributed by atoms with E-state index in [1.165, 1.54) is 9.80 Å². The molecule has 0 aliphatic carbocycles. The number of benzene rings is 2. The first-order chi connectivity index (χ1) is 14.4. The van der Waals surface area contributed by atoms with Crippen LogP contribution in [-0.4, -0.2) is 34.8 Å². The predicted molar refractivity (Wildman–Crippen MR) is 118 cm³/mol. The number of hydrogen-bond donors (Lipinski definition) is 1. The zero-order valence-electron chi connectivity index (χ0n) is 16.6. The maximum atomic E-state index is 13.7. The van der Waals surface area contributed by atoms with Gasteiger partial charge >= 0.3 is 0 Å². The predicted octanol–water partition coefficient (Wildman–Crippen LogP) is 3.79. The molecule has 30 heavy (non-hydrogen) atoms. The minimum absolute atomic E-state index is 0.160. The Hall–Kier alpha value is -2.93. The van der Waals surface area contributed by atoms with Crippen LogP contribution in [0.5, 0.6) is 0 Å². The van der Waals surface area contributed by atoms with Gasteiger partial charge in [-0.1, -0.05) is 52.3 Å². The molecule has 0 radical (unpaired) electrons. The maximum Gasteiger partial charge on any atom is 0.267 e. The largest absolute Gasteiger partial charge is 0.346 e. The van der Waals surface area contributed by atoms with Crippen molar-refractivity contribution in [2.45, 2.75) is 31.5 Å². The van der Waals surface area contributed by atoms with E-state index in [1.807, 2.05) is 31.2 Å². The van der Waals surface area contributed by atoms with Crippen LogP contribution in [0.25, 0.3) is 0 Å². The molecular formula is C23H22BrN3O3. The van der Waals surface area contributed by atoms with E-state index in [-0.39, 0.29) is 43.1 Å². The fraction of sp³-hybridized carbons (Fsp3) is 0.261. The number of nitrogens with one attached hydrogen (secondary N) is 1. The molecule has 3 amide bonds. The van der Waals surface area contributed by atoms with Gasteiger partial charge in [-0.3, -0.25) is 19.3 Å². The Labute approximate surface area is 183 Å². The normalized spacial score (nSPS) is 21.1. The van der Waals surface area contributed by atoms with E-state index in [2.05, 4.69) is 27.8 Å². The number of rotatable bonds is 5. The summed E-state index contributed by atoms with van der Waals surface area (Å²) >= 11 is 3.52. The molecule has 4 rings (SSSR count). The molecule has 2 aromatic carbocycles. The molecule has 7 heteroatoms. The Morgan fingerprint density at radius 3 is 2.67 bits per heavy atom. The number of fused-ring (bicyclic) bond motifs is 3. The topological polar surface area (TPSA) is 69.7 Å². The summed E-state index contributed by atoms with van der Waals surface area (Å²) in [6.07, 6.45) is 2.00. The summed E-state index contributed by atoms with van der Waals surface area (Å²) in [5.74, 6) is -0.825. The van der Waals surface area contributed by atoms with Gasteiger partial charge in [0.25, 0.3) is 11.8 Å². The molecule has 0 saturated carbocycles. The molecule has 1 N–H and O–H groups in total. The zero-order valence-corrected chi connectivity index (χ0v) is 18.2. The van der Waals surface area contributed by atoms with Crippen molar-refractivity contribution in [2.24, 2.45) is 0 Å². The summed E-state index contributed by atoms with van der Waals surface area (Å²) in [7, 11) is 0. The van der Waals surface area contributed by atoms with Crippen molar-refractivity contribution in [2.75, 3.05) is 11.4 Å². The number of hydrogen-bond acceptors (Lipinski definition) is 3. The van der Waals surface area contributed by atoms with Crippen LogP contribution in [0.2, 0.25) is 0 Å². The molecule has 6 nitrogen and oxygen atoms in total.